The molecule has 4 heterocycles. The lowest BCUT2D eigenvalue weighted by atomic mass is 9.79. The first kappa shape index (κ1) is 17.5. The van der Waals surface area contributed by atoms with Crippen LogP contribution in [0.4, 0.5) is 0 Å². The normalized spacial score (nSPS) is 36.7. The van der Waals surface area contributed by atoms with Crippen LogP contribution in [-0.2, 0) is 19.1 Å². The number of allylic oxidation sites excluding steroid dienone is 2. The molecule has 9 nitrogen and oxygen atoms in total. The fourth-order valence-electron chi connectivity index (χ4n) is 6.40. The minimum Gasteiger partial charge on any atom is -0.465 e. The summed E-state index contributed by atoms with van der Waals surface area (Å²) < 4.78 is 14.7. The molecule has 0 N–H and O–H groups in total. The van der Waals surface area contributed by atoms with Crippen LogP contribution in [0.1, 0.15) is 25.9 Å². The number of benzene rings is 1. The summed E-state index contributed by atoms with van der Waals surface area (Å²) in [6, 6.07) is 7.42. The zero-order valence-electron chi connectivity index (χ0n) is 16.3. The number of ether oxygens (including phenoxy) is 2. The molecule has 0 radical (unpaired) electrons. The smallest absolute Gasteiger partial charge is 0.352 e. The third kappa shape index (κ3) is 1.51. The second-order valence-electron chi connectivity index (χ2n) is 8.23. The van der Waals surface area contributed by atoms with E-state index < -0.39 is 58.3 Å². The number of carbonyl (C=O) groups excluding carboxylic acids is 2. The molecule has 5 aliphatic rings. The van der Waals surface area contributed by atoms with Gasteiger partial charge in [-0.05, 0) is 26.0 Å². The predicted octanol–water partition coefficient (Wildman–Crippen LogP) is 0.577. The van der Waals surface area contributed by atoms with Crippen LogP contribution in [0.15, 0.2) is 52.1 Å². The molecule has 0 amide bonds. The molecule has 1 spiro atoms. The Bertz CT molecular complexity index is 1270. The standard InChI is InChI=1S/C21H19N3O6/c1-3-29-16(25)21-15-13-9-10-14(20(15,21)11(2)30-17(21)26)24-19(28)22(18(27)23(13)24)12-7-5-4-6-8-12/h4-11,13-15H,3H2,1-2H3/t11?,13-,14+,15+,20?,21-/m1/s1. The van der Waals surface area contributed by atoms with Crippen LogP contribution >= 0.6 is 0 Å². The first-order chi connectivity index (χ1) is 14.4. The van der Waals surface area contributed by atoms with Crippen molar-refractivity contribution in [1.29, 1.82) is 0 Å². The molecule has 2 fully saturated rings. The Morgan fingerprint density at radius 3 is 2.50 bits per heavy atom. The van der Waals surface area contributed by atoms with E-state index in [-0.39, 0.29) is 6.61 Å². The zero-order valence-corrected chi connectivity index (χ0v) is 16.3. The number of esters is 2. The first-order valence-corrected chi connectivity index (χ1v) is 10.0. The number of hydrogen-bond donors (Lipinski definition) is 0. The van der Waals surface area contributed by atoms with Gasteiger partial charge in [-0.1, -0.05) is 30.4 Å². The molecule has 30 heavy (non-hydrogen) atoms. The summed E-state index contributed by atoms with van der Waals surface area (Å²) >= 11 is 0. The van der Waals surface area contributed by atoms with Crippen LogP contribution in [0.25, 0.3) is 5.69 Å². The van der Waals surface area contributed by atoms with Crippen LogP contribution < -0.4 is 11.4 Å². The number of hydrogen-bond acceptors (Lipinski definition) is 6. The number of nitrogens with zero attached hydrogens (tertiary/aromatic N) is 3. The molecule has 1 aromatic carbocycles. The maximum Gasteiger partial charge on any atom is 0.352 e. The molecule has 7 rings (SSSR count). The van der Waals surface area contributed by atoms with Gasteiger partial charge < -0.3 is 9.47 Å². The first-order valence-electron chi connectivity index (χ1n) is 10.0. The van der Waals surface area contributed by atoms with Crippen molar-refractivity contribution >= 4 is 11.9 Å². The van der Waals surface area contributed by atoms with Gasteiger partial charge in [-0.25, -0.2) is 23.5 Å². The Morgan fingerprint density at radius 1 is 1.10 bits per heavy atom. The molecule has 2 unspecified atom stereocenters. The maximum absolute atomic E-state index is 13.4. The maximum atomic E-state index is 13.4. The lowest BCUT2D eigenvalue weighted by Gasteiger charge is -2.40. The summed E-state index contributed by atoms with van der Waals surface area (Å²) in [7, 11) is 0. The zero-order chi connectivity index (χ0) is 21.0. The third-order valence-electron chi connectivity index (χ3n) is 7.35. The van der Waals surface area contributed by atoms with Crippen molar-refractivity contribution in [2.75, 3.05) is 6.61 Å². The summed E-state index contributed by atoms with van der Waals surface area (Å²) in [6.45, 7) is 3.55. The van der Waals surface area contributed by atoms with E-state index in [1.54, 1.807) is 44.2 Å². The van der Waals surface area contributed by atoms with E-state index >= 15 is 0 Å². The van der Waals surface area contributed by atoms with Gasteiger partial charge in [0.15, 0.2) is 5.41 Å². The van der Waals surface area contributed by atoms with Crippen molar-refractivity contribution in [3.63, 3.8) is 0 Å². The Hall–Kier alpha value is -3.36. The molecule has 1 aromatic heterocycles. The Morgan fingerprint density at radius 2 is 1.80 bits per heavy atom. The van der Waals surface area contributed by atoms with E-state index in [0.717, 1.165) is 4.57 Å². The van der Waals surface area contributed by atoms with Crippen molar-refractivity contribution in [2.45, 2.75) is 32.0 Å². The van der Waals surface area contributed by atoms with Crippen molar-refractivity contribution in [2.24, 2.45) is 16.7 Å². The second-order valence-corrected chi connectivity index (χ2v) is 8.23. The summed E-state index contributed by atoms with van der Waals surface area (Å²) in [6.07, 6.45) is 3.04. The number of cyclic esters (lactones) is 1. The topological polar surface area (TPSA) is 102 Å². The predicted molar refractivity (Wildman–Crippen MR) is 102 cm³/mol. The van der Waals surface area contributed by atoms with Crippen molar-refractivity contribution in [3.8, 4) is 5.69 Å². The SMILES string of the molecule is CCOC(=O)[C@]12C(=O)OC(C)C13[C@@H]1C=C[C@H]([C@@H]32)n2c(=O)n(-c3ccccc3)c(=O)n21. The van der Waals surface area contributed by atoms with Crippen LogP contribution in [0, 0.1) is 16.7 Å². The molecule has 1 saturated heterocycles. The Balaban J connectivity index is 1.61. The molecular weight excluding hydrogens is 390 g/mol. The van der Waals surface area contributed by atoms with Gasteiger partial charge in [-0.3, -0.25) is 9.59 Å². The van der Waals surface area contributed by atoms with Gasteiger partial charge in [0.2, 0.25) is 0 Å². The number of rotatable bonds is 3. The fourth-order valence-corrected chi connectivity index (χ4v) is 6.40. The van der Waals surface area contributed by atoms with Gasteiger partial charge in [0, 0.05) is 5.92 Å². The van der Waals surface area contributed by atoms with Crippen LogP contribution in [0.3, 0.4) is 0 Å². The van der Waals surface area contributed by atoms with Crippen LogP contribution in [0.5, 0.6) is 0 Å². The van der Waals surface area contributed by atoms with Gasteiger partial charge in [-0.15, -0.1) is 0 Å². The molecule has 2 aliphatic carbocycles. The highest BCUT2D eigenvalue weighted by Gasteiger charge is 2.97. The van der Waals surface area contributed by atoms with Crippen molar-refractivity contribution in [3.05, 3.63) is 63.5 Å². The average molecular weight is 409 g/mol. The molecule has 1 saturated carbocycles. The fraction of sp³-hybridized carbons (Fsp3) is 0.429. The van der Waals surface area contributed by atoms with Crippen LogP contribution in [0.2, 0.25) is 0 Å². The van der Waals surface area contributed by atoms with Crippen molar-refractivity contribution < 1.29 is 19.1 Å². The van der Waals surface area contributed by atoms with E-state index in [2.05, 4.69) is 0 Å². The molecule has 6 atom stereocenters. The summed E-state index contributed by atoms with van der Waals surface area (Å²) in [5, 5.41) is 0. The van der Waals surface area contributed by atoms with Crippen molar-refractivity contribution in [1.82, 2.24) is 13.9 Å². The molecule has 2 bridgehead atoms. The molecule has 2 aromatic rings. The number of para-hydroxylation sites is 1. The number of carbonyl (C=O) groups is 2. The van der Waals surface area contributed by atoms with Gasteiger partial charge in [-0.2, -0.15) is 0 Å². The largest absolute Gasteiger partial charge is 0.465 e. The Labute approximate surface area is 170 Å². The van der Waals surface area contributed by atoms with Gasteiger partial charge in [0.05, 0.1) is 29.8 Å². The Kier molecular flexibility index (Phi) is 3.04. The highest BCUT2D eigenvalue weighted by atomic mass is 16.6. The van der Waals surface area contributed by atoms with E-state index in [9.17, 15) is 19.2 Å². The summed E-state index contributed by atoms with van der Waals surface area (Å²) in [5.74, 6) is -1.75. The molecule has 154 valence electrons. The highest BCUT2D eigenvalue weighted by Crippen LogP contribution is 2.85. The average Bonchev–Trinajstić information content (AvgIpc) is 3.27. The van der Waals surface area contributed by atoms with Gasteiger partial charge >= 0.3 is 23.3 Å². The summed E-state index contributed by atoms with van der Waals surface area (Å²) in [5.41, 5.74) is -2.96. The molecular formula is C21H19N3O6. The van der Waals surface area contributed by atoms with E-state index in [1.165, 1.54) is 9.36 Å². The van der Waals surface area contributed by atoms with Gasteiger partial charge in [0.1, 0.15) is 6.10 Å². The molecule has 9 heteroatoms. The number of aromatic nitrogens is 3. The minimum atomic E-state index is -1.50. The van der Waals surface area contributed by atoms with E-state index in [4.69, 9.17) is 9.47 Å². The molecule has 3 aliphatic heterocycles. The monoisotopic (exact) mass is 409 g/mol. The third-order valence-corrected chi connectivity index (χ3v) is 7.35. The quantitative estimate of drug-likeness (QED) is 0.418. The minimum absolute atomic E-state index is 0.126. The lowest BCUT2D eigenvalue weighted by Crippen LogP contribution is -2.48. The van der Waals surface area contributed by atoms with E-state index in [1.807, 2.05) is 12.2 Å². The van der Waals surface area contributed by atoms with Crippen LogP contribution in [-0.4, -0.2) is 38.6 Å². The summed E-state index contributed by atoms with van der Waals surface area (Å²) in [4.78, 5) is 52.7. The van der Waals surface area contributed by atoms with Gasteiger partial charge in [0.25, 0.3) is 0 Å². The second kappa shape index (κ2) is 5.21. The lowest BCUT2D eigenvalue weighted by molar-refractivity contribution is -0.162. The van der Waals surface area contributed by atoms with E-state index in [0.29, 0.717) is 5.69 Å². The highest BCUT2D eigenvalue weighted by molar-refractivity contribution is 6.08.